The van der Waals surface area contributed by atoms with Crippen molar-refractivity contribution in [3.63, 3.8) is 0 Å². The van der Waals surface area contributed by atoms with E-state index in [4.69, 9.17) is 5.26 Å². The van der Waals surface area contributed by atoms with E-state index in [1.807, 2.05) is 0 Å². The topological polar surface area (TPSA) is 39.1 Å². The third-order valence-electron chi connectivity index (χ3n) is 2.43. The minimum absolute atomic E-state index is 0.650. The fourth-order valence-corrected chi connectivity index (χ4v) is 1.35. The Morgan fingerprint density at radius 2 is 2.23 bits per heavy atom. The molecule has 0 unspecified atom stereocenters. The van der Waals surface area contributed by atoms with Gasteiger partial charge in [-0.2, -0.15) is 5.26 Å². The Bertz CT molecular complexity index is 169. The third kappa shape index (κ3) is 4.87. The molecule has 1 rings (SSSR count). The zero-order valence-electron chi connectivity index (χ0n) is 8.42. The summed E-state index contributed by atoms with van der Waals surface area (Å²) in [6.45, 7) is 6.26. The third-order valence-corrected chi connectivity index (χ3v) is 2.43. The predicted octanol–water partition coefficient (Wildman–Crippen LogP) is 0.974. The second kappa shape index (κ2) is 5.95. The van der Waals surface area contributed by atoms with Crippen molar-refractivity contribution < 1.29 is 0 Å². The van der Waals surface area contributed by atoms with Crippen LogP contribution in [0.3, 0.4) is 0 Å². The summed E-state index contributed by atoms with van der Waals surface area (Å²) in [4.78, 5) is 2.32. The quantitative estimate of drug-likeness (QED) is 0.636. The van der Waals surface area contributed by atoms with Gasteiger partial charge in [0.25, 0.3) is 0 Å². The summed E-state index contributed by atoms with van der Waals surface area (Å²) >= 11 is 0. The lowest BCUT2D eigenvalue weighted by Gasteiger charge is -2.18. The number of nitrogens with zero attached hydrogens (tertiary/aromatic N) is 2. The Balaban J connectivity index is 1.97. The first-order valence-electron chi connectivity index (χ1n) is 5.19. The standard InChI is InChI=1S/C10H19N3/c1-2-13(8-3-6-11)9-7-12-10-4-5-10/h10,12H,2-5,7-9H2,1H3. The Hall–Kier alpha value is -0.590. The molecule has 0 spiro atoms. The van der Waals surface area contributed by atoms with E-state index in [0.29, 0.717) is 6.42 Å². The molecular weight excluding hydrogens is 162 g/mol. The Labute approximate surface area is 80.7 Å². The SMILES string of the molecule is CCN(CCC#N)CCNC1CC1. The van der Waals surface area contributed by atoms with Crippen LogP contribution in [0.15, 0.2) is 0 Å². The van der Waals surface area contributed by atoms with Crippen molar-refractivity contribution in [2.24, 2.45) is 0 Å². The molecular formula is C10H19N3. The molecule has 1 fully saturated rings. The van der Waals surface area contributed by atoms with Crippen LogP contribution in [-0.4, -0.2) is 37.1 Å². The van der Waals surface area contributed by atoms with Gasteiger partial charge in [-0.05, 0) is 19.4 Å². The van der Waals surface area contributed by atoms with Crippen molar-refractivity contribution in [3.05, 3.63) is 0 Å². The summed E-state index contributed by atoms with van der Waals surface area (Å²) in [5, 5.41) is 11.9. The molecule has 13 heavy (non-hydrogen) atoms. The highest BCUT2D eigenvalue weighted by Gasteiger charge is 2.19. The average molecular weight is 181 g/mol. The van der Waals surface area contributed by atoms with E-state index in [1.54, 1.807) is 0 Å². The van der Waals surface area contributed by atoms with Crippen LogP contribution in [0.5, 0.6) is 0 Å². The molecule has 3 heteroatoms. The minimum Gasteiger partial charge on any atom is -0.313 e. The van der Waals surface area contributed by atoms with Gasteiger partial charge in [-0.25, -0.2) is 0 Å². The molecule has 74 valence electrons. The van der Waals surface area contributed by atoms with E-state index < -0.39 is 0 Å². The number of hydrogen-bond donors (Lipinski definition) is 1. The van der Waals surface area contributed by atoms with E-state index in [0.717, 1.165) is 32.2 Å². The van der Waals surface area contributed by atoms with Crippen molar-refractivity contribution in [2.45, 2.75) is 32.2 Å². The smallest absolute Gasteiger partial charge is 0.0635 e. The van der Waals surface area contributed by atoms with Crippen molar-refractivity contribution in [1.82, 2.24) is 10.2 Å². The molecule has 0 bridgehead atoms. The first-order valence-corrected chi connectivity index (χ1v) is 5.19. The van der Waals surface area contributed by atoms with Gasteiger partial charge in [0, 0.05) is 32.1 Å². The van der Waals surface area contributed by atoms with E-state index in [-0.39, 0.29) is 0 Å². The maximum Gasteiger partial charge on any atom is 0.0635 e. The number of nitrogens with one attached hydrogen (secondary N) is 1. The fourth-order valence-electron chi connectivity index (χ4n) is 1.35. The summed E-state index contributed by atoms with van der Waals surface area (Å²) in [5.41, 5.74) is 0. The van der Waals surface area contributed by atoms with Crippen molar-refractivity contribution in [1.29, 1.82) is 5.26 Å². The molecule has 0 radical (unpaired) electrons. The fraction of sp³-hybridized carbons (Fsp3) is 0.900. The molecule has 0 aromatic rings. The highest BCUT2D eigenvalue weighted by molar-refractivity contribution is 4.81. The zero-order chi connectivity index (χ0) is 9.52. The molecule has 0 saturated heterocycles. The Morgan fingerprint density at radius 3 is 2.77 bits per heavy atom. The molecule has 0 aliphatic heterocycles. The summed E-state index contributed by atoms with van der Waals surface area (Å²) in [5.74, 6) is 0. The minimum atomic E-state index is 0.650. The Kier molecular flexibility index (Phi) is 4.81. The monoisotopic (exact) mass is 181 g/mol. The highest BCUT2D eigenvalue weighted by atomic mass is 15.1. The Morgan fingerprint density at radius 1 is 1.46 bits per heavy atom. The summed E-state index contributed by atoms with van der Waals surface area (Å²) in [6, 6.07) is 2.98. The number of nitriles is 1. The first-order chi connectivity index (χ1) is 6.36. The van der Waals surface area contributed by atoms with Gasteiger partial charge >= 0.3 is 0 Å². The maximum absolute atomic E-state index is 8.44. The predicted molar refractivity (Wildman–Crippen MR) is 53.4 cm³/mol. The molecule has 3 nitrogen and oxygen atoms in total. The van der Waals surface area contributed by atoms with Gasteiger partial charge in [0.15, 0.2) is 0 Å². The van der Waals surface area contributed by atoms with Crippen LogP contribution in [0.1, 0.15) is 26.2 Å². The van der Waals surface area contributed by atoms with Crippen molar-refractivity contribution >= 4 is 0 Å². The molecule has 1 aliphatic carbocycles. The lowest BCUT2D eigenvalue weighted by Crippen LogP contribution is -2.33. The van der Waals surface area contributed by atoms with Gasteiger partial charge in [0.1, 0.15) is 0 Å². The molecule has 1 N–H and O–H groups in total. The van der Waals surface area contributed by atoms with E-state index in [9.17, 15) is 0 Å². The largest absolute Gasteiger partial charge is 0.313 e. The summed E-state index contributed by atoms with van der Waals surface area (Å²) < 4.78 is 0. The van der Waals surface area contributed by atoms with Crippen LogP contribution < -0.4 is 5.32 Å². The van der Waals surface area contributed by atoms with Crippen LogP contribution in [0.4, 0.5) is 0 Å². The molecule has 0 atom stereocenters. The van der Waals surface area contributed by atoms with Gasteiger partial charge in [0.2, 0.25) is 0 Å². The molecule has 0 heterocycles. The zero-order valence-corrected chi connectivity index (χ0v) is 8.42. The van der Waals surface area contributed by atoms with Crippen LogP contribution in [0.2, 0.25) is 0 Å². The molecule has 1 aliphatic rings. The van der Waals surface area contributed by atoms with Crippen LogP contribution in [0, 0.1) is 11.3 Å². The first kappa shape index (κ1) is 10.5. The normalized spacial score (nSPS) is 16.1. The number of likely N-dealkylation sites (N-methyl/N-ethyl adjacent to an activating group) is 1. The van der Waals surface area contributed by atoms with Crippen LogP contribution >= 0.6 is 0 Å². The second-order valence-corrected chi connectivity index (χ2v) is 3.57. The van der Waals surface area contributed by atoms with E-state index in [1.165, 1.54) is 12.8 Å². The van der Waals surface area contributed by atoms with Gasteiger partial charge < -0.3 is 10.2 Å². The molecule has 1 saturated carbocycles. The summed E-state index contributed by atoms with van der Waals surface area (Å²) in [6.07, 6.45) is 3.35. The second-order valence-electron chi connectivity index (χ2n) is 3.57. The van der Waals surface area contributed by atoms with E-state index >= 15 is 0 Å². The van der Waals surface area contributed by atoms with Crippen molar-refractivity contribution in [3.8, 4) is 6.07 Å². The highest BCUT2D eigenvalue weighted by Crippen LogP contribution is 2.17. The number of rotatable bonds is 7. The average Bonchev–Trinajstić information content (AvgIpc) is 2.94. The van der Waals surface area contributed by atoms with Gasteiger partial charge in [0.05, 0.1) is 6.07 Å². The lowest BCUT2D eigenvalue weighted by molar-refractivity contribution is 0.293. The van der Waals surface area contributed by atoms with Crippen LogP contribution in [-0.2, 0) is 0 Å². The lowest BCUT2D eigenvalue weighted by atomic mass is 10.4. The number of hydrogen-bond acceptors (Lipinski definition) is 3. The van der Waals surface area contributed by atoms with Gasteiger partial charge in [-0.15, -0.1) is 0 Å². The molecule has 0 aromatic carbocycles. The van der Waals surface area contributed by atoms with Gasteiger partial charge in [-0.3, -0.25) is 0 Å². The van der Waals surface area contributed by atoms with Gasteiger partial charge in [-0.1, -0.05) is 6.92 Å². The molecule has 0 amide bonds. The maximum atomic E-state index is 8.44. The van der Waals surface area contributed by atoms with Crippen LogP contribution in [0.25, 0.3) is 0 Å². The summed E-state index contributed by atoms with van der Waals surface area (Å²) in [7, 11) is 0. The molecule has 0 aromatic heterocycles. The van der Waals surface area contributed by atoms with Crippen molar-refractivity contribution in [2.75, 3.05) is 26.2 Å². The van der Waals surface area contributed by atoms with E-state index in [2.05, 4.69) is 23.2 Å².